The Kier molecular flexibility index (Phi) is 3.52. The van der Waals surface area contributed by atoms with E-state index >= 15 is 0 Å². The van der Waals surface area contributed by atoms with E-state index in [1.807, 2.05) is 19.1 Å². The van der Waals surface area contributed by atoms with E-state index in [4.69, 9.17) is 4.42 Å². The van der Waals surface area contributed by atoms with Gasteiger partial charge in [0.15, 0.2) is 0 Å². The Morgan fingerprint density at radius 3 is 2.67 bits per heavy atom. The Hall–Kier alpha value is -2.43. The van der Waals surface area contributed by atoms with Crippen LogP contribution in [0.25, 0.3) is 11.5 Å². The summed E-state index contributed by atoms with van der Waals surface area (Å²) in [6, 6.07) is 7.16. The minimum Gasteiger partial charge on any atom is -0.421 e. The maximum atomic E-state index is 11.1. The first-order chi connectivity index (χ1) is 8.72. The number of benzene rings is 1. The van der Waals surface area contributed by atoms with Crippen molar-refractivity contribution in [1.29, 1.82) is 0 Å². The van der Waals surface area contributed by atoms with Crippen LogP contribution in [0, 0.1) is 0 Å². The van der Waals surface area contributed by atoms with Gasteiger partial charge < -0.3 is 9.73 Å². The van der Waals surface area contributed by atoms with Crippen LogP contribution in [0.4, 0.5) is 5.69 Å². The zero-order valence-corrected chi connectivity index (χ0v) is 10.0. The molecule has 5 heteroatoms. The lowest BCUT2D eigenvalue weighted by atomic mass is 10.2. The molecule has 2 aromatic rings. The summed E-state index contributed by atoms with van der Waals surface area (Å²) in [5.41, 5.74) is 1.51. The quantitative estimate of drug-likeness (QED) is 0.837. The SMILES string of the molecule is C=CC(=O)Nc1ccc(-c2nnc(CC)o2)cc1. The highest BCUT2D eigenvalue weighted by Gasteiger charge is 2.07. The molecule has 5 nitrogen and oxygen atoms in total. The Bertz CT molecular complexity index is 558. The van der Waals surface area contributed by atoms with Crippen molar-refractivity contribution >= 4 is 11.6 Å². The van der Waals surface area contributed by atoms with Crippen molar-refractivity contribution < 1.29 is 9.21 Å². The standard InChI is InChI=1S/C13H13N3O2/c1-3-11(17)14-10-7-5-9(6-8-10)13-16-15-12(4-2)18-13/h3,5-8H,1,4H2,2H3,(H,14,17). The van der Waals surface area contributed by atoms with E-state index in [1.54, 1.807) is 12.1 Å². The minimum absolute atomic E-state index is 0.242. The number of carbonyl (C=O) groups excluding carboxylic acids is 1. The third-order valence-corrected chi connectivity index (χ3v) is 2.35. The molecule has 1 aromatic carbocycles. The molecule has 0 fully saturated rings. The summed E-state index contributed by atoms with van der Waals surface area (Å²) in [5.74, 6) is 0.844. The summed E-state index contributed by atoms with van der Waals surface area (Å²) in [6.07, 6.45) is 1.93. The summed E-state index contributed by atoms with van der Waals surface area (Å²) in [7, 11) is 0. The van der Waals surface area contributed by atoms with E-state index in [1.165, 1.54) is 6.08 Å². The third-order valence-electron chi connectivity index (χ3n) is 2.35. The van der Waals surface area contributed by atoms with Crippen molar-refractivity contribution in [3.05, 3.63) is 42.8 Å². The molecule has 1 N–H and O–H groups in total. The highest BCUT2D eigenvalue weighted by Crippen LogP contribution is 2.20. The molecule has 2 rings (SSSR count). The summed E-state index contributed by atoms with van der Waals surface area (Å²) in [5, 5.41) is 10.5. The predicted octanol–water partition coefficient (Wildman–Crippen LogP) is 2.42. The van der Waals surface area contributed by atoms with Gasteiger partial charge in [-0.15, -0.1) is 10.2 Å². The van der Waals surface area contributed by atoms with Crippen molar-refractivity contribution in [3.63, 3.8) is 0 Å². The topological polar surface area (TPSA) is 68.0 Å². The molecule has 0 saturated heterocycles. The van der Waals surface area contributed by atoms with Gasteiger partial charge in [0.25, 0.3) is 0 Å². The lowest BCUT2D eigenvalue weighted by Crippen LogP contribution is -2.06. The van der Waals surface area contributed by atoms with Crippen molar-refractivity contribution in [2.24, 2.45) is 0 Å². The van der Waals surface area contributed by atoms with E-state index in [0.717, 1.165) is 5.56 Å². The minimum atomic E-state index is -0.242. The Balaban J connectivity index is 2.16. The Labute approximate surface area is 105 Å². The fourth-order valence-corrected chi connectivity index (χ4v) is 1.40. The molecule has 0 spiro atoms. The van der Waals surface area contributed by atoms with Gasteiger partial charge in [-0.05, 0) is 30.3 Å². The largest absolute Gasteiger partial charge is 0.421 e. The number of hydrogen-bond donors (Lipinski definition) is 1. The van der Waals surface area contributed by atoms with Crippen molar-refractivity contribution in [2.75, 3.05) is 5.32 Å². The smallest absolute Gasteiger partial charge is 0.247 e. The highest BCUT2D eigenvalue weighted by atomic mass is 16.4. The molecule has 92 valence electrons. The second-order valence-electron chi connectivity index (χ2n) is 3.63. The molecule has 0 atom stereocenters. The second-order valence-corrected chi connectivity index (χ2v) is 3.63. The molecule has 0 bridgehead atoms. The van der Waals surface area contributed by atoms with Crippen molar-refractivity contribution in [2.45, 2.75) is 13.3 Å². The molecule has 18 heavy (non-hydrogen) atoms. The van der Waals surface area contributed by atoms with Gasteiger partial charge in [0.1, 0.15) is 0 Å². The van der Waals surface area contributed by atoms with Crippen LogP contribution in [0.2, 0.25) is 0 Å². The number of nitrogens with zero attached hydrogens (tertiary/aromatic N) is 2. The fourth-order valence-electron chi connectivity index (χ4n) is 1.40. The fraction of sp³-hybridized carbons (Fsp3) is 0.154. The van der Waals surface area contributed by atoms with Gasteiger partial charge in [-0.25, -0.2) is 0 Å². The van der Waals surface area contributed by atoms with E-state index in [9.17, 15) is 4.79 Å². The average molecular weight is 243 g/mol. The van der Waals surface area contributed by atoms with Gasteiger partial charge in [0.05, 0.1) is 0 Å². The van der Waals surface area contributed by atoms with Crippen LogP contribution in [0.5, 0.6) is 0 Å². The molecular formula is C13H13N3O2. The zero-order chi connectivity index (χ0) is 13.0. The maximum Gasteiger partial charge on any atom is 0.247 e. The Morgan fingerprint density at radius 1 is 1.39 bits per heavy atom. The normalized spacial score (nSPS) is 10.1. The molecule has 0 aliphatic carbocycles. The highest BCUT2D eigenvalue weighted by molar-refractivity contribution is 5.98. The Morgan fingerprint density at radius 2 is 2.11 bits per heavy atom. The molecule has 0 unspecified atom stereocenters. The van der Waals surface area contributed by atoms with Crippen LogP contribution in [-0.2, 0) is 11.2 Å². The zero-order valence-electron chi connectivity index (χ0n) is 10.0. The average Bonchev–Trinajstić information content (AvgIpc) is 2.88. The van der Waals surface area contributed by atoms with Crippen LogP contribution in [0.1, 0.15) is 12.8 Å². The monoisotopic (exact) mass is 243 g/mol. The lowest BCUT2D eigenvalue weighted by molar-refractivity contribution is -0.111. The van der Waals surface area contributed by atoms with Gasteiger partial charge in [-0.1, -0.05) is 13.5 Å². The number of aromatic nitrogens is 2. The molecule has 0 aliphatic heterocycles. The van der Waals surface area contributed by atoms with E-state index in [-0.39, 0.29) is 5.91 Å². The van der Waals surface area contributed by atoms with Crippen LogP contribution < -0.4 is 5.32 Å². The van der Waals surface area contributed by atoms with Gasteiger partial charge >= 0.3 is 0 Å². The maximum absolute atomic E-state index is 11.1. The van der Waals surface area contributed by atoms with Gasteiger partial charge in [-0.3, -0.25) is 4.79 Å². The molecule has 0 saturated carbocycles. The van der Waals surface area contributed by atoms with E-state index in [0.29, 0.717) is 23.9 Å². The van der Waals surface area contributed by atoms with Gasteiger partial charge in [0.2, 0.25) is 17.7 Å². The predicted molar refractivity (Wildman–Crippen MR) is 67.9 cm³/mol. The molecule has 1 heterocycles. The molecule has 0 radical (unpaired) electrons. The number of aryl methyl sites for hydroxylation is 1. The lowest BCUT2D eigenvalue weighted by Gasteiger charge is -2.02. The summed E-state index contributed by atoms with van der Waals surface area (Å²) in [4.78, 5) is 11.1. The number of nitrogens with one attached hydrogen (secondary N) is 1. The molecule has 1 aromatic heterocycles. The van der Waals surface area contributed by atoms with Crippen molar-refractivity contribution in [1.82, 2.24) is 10.2 Å². The van der Waals surface area contributed by atoms with Gasteiger partial charge in [0, 0.05) is 17.7 Å². The molecule has 0 aliphatic rings. The number of rotatable bonds is 4. The first kappa shape index (κ1) is 12.0. The third kappa shape index (κ3) is 2.63. The van der Waals surface area contributed by atoms with Gasteiger partial charge in [-0.2, -0.15) is 0 Å². The number of hydrogen-bond acceptors (Lipinski definition) is 4. The molecular weight excluding hydrogens is 230 g/mol. The van der Waals surface area contributed by atoms with E-state index in [2.05, 4.69) is 22.1 Å². The molecule has 1 amide bonds. The second kappa shape index (κ2) is 5.27. The summed E-state index contributed by atoms with van der Waals surface area (Å²) >= 11 is 0. The van der Waals surface area contributed by atoms with E-state index < -0.39 is 0 Å². The number of carbonyl (C=O) groups is 1. The van der Waals surface area contributed by atoms with Crippen LogP contribution in [0.3, 0.4) is 0 Å². The number of amides is 1. The summed E-state index contributed by atoms with van der Waals surface area (Å²) in [6.45, 7) is 5.34. The van der Waals surface area contributed by atoms with Crippen molar-refractivity contribution in [3.8, 4) is 11.5 Å². The first-order valence-corrected chi connectivity index (χ1v) is 5.59. The number of anilines is 1. The first-order valence-electron chi connectivity index (χ1n) is 5.59. The summed E-state index contributed by atoms with van der Waals surface area (Å²) < 4.78 is 5.44. The van der Waals surface area contributed by atoms with Crippen LogP contribution in [-0.4, -0.2) is 16.1 Å². The van der Waals surface area contributed by atoms with Crippen LogP contribution in [0.15, 0.2) is 41.3 Å². The van der Waals surface area contributed by atoms with Crippen LogP contribution >= 0.6 is 0 Å².